The molecular weight excluding hydrogens is 1830 g/mol. The monoisotopic (exact) mass is 1960 g/mol. The summed E-state index contributed by atoms with van der Waals surface area (Å²) in [5, 5.41) is 60.0. The van der Waals surface area contributed by atoms with Crippen molar-refractivity contribution >= 4 is 140 Å². The number of fused-ring (bicyclic) bond motifs is 4. The molecule has 3 aliphatic rings. The van der Waals surface area contributed by atoms with E-state index in [-0.39, 0.29) is 108 Å². The van der Waals surface area contributed by atoms with Gasteiger partial charge in [0.2, 0.25) is 100 Å². The molecule has 17 amide bonds. The van der Waals surface area contributed by atoms with E-state index in [9.17, 15) is 53.4 Å². The number of nitrogens with one attached hydrogen (secondary N) is 14. The Bertz CT molecular complexity index is 5410. The van der Waals surface area contributed by atoms with Crippen molar-refractivity contribution in [3.05, 3.63) is 120 Å². The lowest BCUT2D eigenvalue weighted by Crippen LogP contribution is -2.62. The number of rotatable bonds is 28. The molecule has 4 aromatic carbocycles. The number of phenolic OH excluding ortho intramolecular Hbond substituents is 1. The zero-order chi connectivity index (χ0) is 102. The van der Waals surface area contributed by atoms with Crippen LogP contribution in [0.3, 0.4) is 0 Å². The third-order valence-corrected chi connectivity index (χ3v) is 26.2. The van der Waals surface area contributed by atoms with E-state index in [0.29, 0.717) is 87.8 Å². The Morgan fingerprint density at radius 2 is 1.09 bits per heavy atom. The minimum atomic E-state index is -1.90. The molecule has 0 unspecified atom stereocenters. The van der Waals surface area contributed by atoms with Crippen molar-refractivity contribution in [3.63, 3.8) is 0 Å². The molecule has 43 nitrogen and oxygen atoms in total. The first-order valence-corrected chi connectivity index (χ1v) is 48.6. The van der Waals surface area contributed by atoms with Crippen molar-refractivity contribution in [3.8, 4) is 22.8 Å². The maximum Gasteiger partial charge on any atom is 0.246 e. The first-order valence-electron chi connectivity index (χ1n) is 47.4. The van der Waals surface area contributed by atoms with E-state index in [1.165, 1.54) is 57.2 Å². The maximum absolute atomic E-state index is 16.3. The molecule has 2 aromatic heterocycles. The lowest BCUT2D eigenvalue weighted by atomic mass is 9.96. The highest BCUT2D eigenvalue weighted by Gasteiger charge is 2.46. The second kappa shape index (κ2) is 52.7. The van der Waals surface area contributed by atoms with Gasteiger partial charge in [-0.2, -0.15) is 0 Å². The highest BCUT2D eigenvalue weighted by molar-refractivity contribution is 8.00. The summed E-state index contributed by atoms with van der Waals surface area (Å²) in [6, 6.07) is 5.45. The van der Waals surface area contributed by atoms with Crippen molar-refractivity contribution in [2.75, 3.05) is 78.6 Å². The van der Waals surface area contributed by atoms with Crippen molar-refractivity contribution in [1.82, 2.24) is 93.0 Å². The van der Waals surface area contributed by atoms with E-state index < -0.39 is 229 Å². The third-order valence-electron chi connectivity index (χ3n) is 25.1. The molecule has 0 spiro atoms. The summed E-state index contributed by atoms with van der Waals surface area (Å²) in [4.78, 5) is 263. The fourth-order valence-electron chi connectivity index (χ4n) is 17.4. The fourth-order valence-corrected chi connectivity index (χ4v) is 18.3. The van der Waals surface area contributed by atoms with Gasteiger partial charge in [0, 0.05) is 106 Å². The second-order valence-corrected chi connectivity index (χ2v) is 36.9. The number of aliphatic hydroxyl groups excluding tert-OH is 1. The number of H-pyrrole nitrogens is 2. The number of aromatic nitrogens is 2. The van der Waals surface area contributed by atoms with Gasteiger partial charge >= 0.3 is 0 Å². The van der Waals surface area contributed by atoms with Crippen LogP contribution in [-0.4, -0.2) is 314 Å². The molecule has 0 saturated carbocycles. The number of phenols is 1. The van der Waals surface area contributed by atoms with Gasteiger partial charge in [-0.1, -0.05) is 102 Å². The maximum atomic E-state index is 16.3. The summed E-state index contributed by atoms with van der Waals surface area (Å²) in [5.41, 5.74) is 26.9. The van der Waals surface area contributed by atoms with Crippen molar-refractivity contribution in [2.45, 2.75) is 235 Å². The van der Waals surface area contributed by atoms with Crippen molar-refractivity contribution < 1.29 is 96.5 Å². The van der Waals surface area contributed by atoms with Crippen LogP contribution in [0.4, 0.5) is 0 Å². The van der Waals surface area contributed by atoms with E-state index in [1.54, 1.807) is 80.7 Å². The number of ether oxygens (including phenoxy) is 1. The fraction of sp³-hybridized carbons (Fsp3) is 0.521. The molecule has 760 valence electrons. The predicted molar refractivity (Wildman–Crippen MR) is 522 cm³/mol. The molecule has 9 rings (SSSR count). The van der Waals surface area contributed by atoms with Crippen molar-refractivity contribution in [1.29, 1.82) is 5.41 Å². The Balaban J connectivity index is 1.12. The van der Waals surface area contributed by atoms with Crippen molar-refractivity contribution in [2.24, 2.45) is 28.9 Å². The van der Waals surface area contributed by atoms with Crippen LogP contribution in [0.25, 0.3) is 33.1 Å². The number of guanidine groups is 1. The number of carbonyl (C=O) groups is 17. The molecule has 140 heavy (non-hydrogen) atoms. The molecule has 3 fully saturated rings. The van der Waals surface area contributed by atoms with E-state index >= 15 is 38.4 Å². The lowest BCUT2D eigenvalue weighted by molar-refractivity contribution is -0.149. The second-order valence-electron chi connectivity index (χ2n) is 35.8. The number of hydrogen-bond acceptors (Lipinski definition) is 23. The zero-order valence-corrected chi connectivity index (χ0v) is 81.4. The largest absolute Gasteiger partial charge is 0.508 e. The van der Waals surface area contributed by atoms with Crippen LogP contribution in [0, 0.1) is 11.3 Å². The number of likely N-dealkylation sites (N-methyl/N-ethyl adjacent to an activating group) is 3. The third kappa shape index (κ3) is 30.1. The summed E-state index contributed by atoms with van der Waals surface area (Å²) in [7, 11) is 3.94. The number of thioether (sulfide) groups is 1. The Morgan fingerprint density at radius 1 is 0.543 bits per heavy atom. The van der Waals surface area contributed by atoms with Crippen LogP contribution in [0.5, 0.6) is 11.5 Å². The molecule has 3 aliphatic heterocycles. The van der Waals surface area contributed by atoms with Crippen LogP contribution in [0.2, 0.25) is 0 Å². The number of aromatic amines is 2. The molecule has 0 radical (unpaired) electrons. The molecule has 3 saturated heterocycles. The minimum Gasteiger partial charge on any atom is -0.508 e. The van der Waals surface area contributed by atoms with E-state index in [4.69, 9.17) is 33.1 Å². The number of nitrogens with zero attached hydrogens (tertiary/aromatic N) is 5. The number of carbonyl (C=O) groups excluding carboxylic acids is 17. The van der Waals surface area contributed by atoms with Crippen LogP contribution in [-0.2, 0) is 101 Å². The molecule has 44 heteroatoms. The molecule has 14 atom stereocenters. The topological polar surface area (TPSA) is 648 Å². The highest BCUT2D eigenvalue weighted by atomic mass is 32.2. The number of hydrogen-bond donors (Lipinski definition) is 20. The minimum absolute atomic E-state index is 0.000288. The Morgan fingerprint density at radius 3 is 1.69 bits per heavy atom. The number of primary amides is 2. The van der Waals surface area contributed by atoms with Crippen LogP contribution >= 0.6 is 11.8 Å². The van der Waals surface area contributed by atoms with Crippen LogP contribution < -0.4 is 86.2 Å². The highest BCUT2D eigenvalue weighted by Crippen LogP contribution is 2.34. The number of aliphatic hydroxyl groups is 1. The number of nitrogens with two attached hydrogens (primary N) is 4. The Kier molecular flexibility index (Phi) is 41.3. The first-order chi connectivity index (χ1) is 66.8. The normalized spacial score (nSPS) is 23.7. The summed E-state index contributed by atoms with van der Waals surface area (Å²) in [6.45, 7) is 8.20. The molecule has 5 heterocycles. The molecule has 6 aromatic rings. The van der Waals surface area contributed by atoms with Crippen LogP contribution in [0.1, 0.15) is 148 Å². The summed E-state index contributed by atoms with van der Waals surface area (Å²) in [6.07, 6.45) is 1.79. The quantitative estimate of drug-likeness (QED) is 0.0162. The molecule has 0 aliphatic carbocycles. The Hall–Kier alpha value is -13.9. The zero-order valence-electron chi connectivity index (χ0n) is 80.6. The average molecular weight is 1960 g/mol. The van der Waals surface area contributed by atoms with E-state index in [1.807, 2.05) is 32.9 Å². The van der Waals surface area contributed by atoms with Gasteiger partial charge in [-0.25, -0.2) is 0 Å². The van der Waals surface area contributed by atoms with Gasteiger partial charge in [0.1, 0.15) is 96.1 Å². The van der Waals surface area contributed by atoms with Gasteiger partial charge in [0.25, 0.3) is 0 Å². The summed E-state index contributed by atoms with van der Waals surface area (Å²) >= 11 is 0.762. The SMILES string of the molecule is CCCC[C@H]1C(=O)N(C)[C@@H](CCCC)C(=O)N[C@@H](CCCNC(=N)N)C(=O)N[C@H](C(=O)NCC(N)=O)CSCC(=O)N[C@@H](Cc2ccc(O)cc2)C(=O)N(C)[C@@H](C)C(=O)N[C@@H](CC(N)=O)C(=O)N2CCC[C@H]2C(=O)N[C@@H](CN)C(=O)N[C@@H](CC(C)C)C(=O)N2CCC[C@H]2C(=O)N[C@@H](Cc2c[nH]c3ccccc23)C(=O)N[C@@H](CO)C(=O)N[C@@H](Cc2c(-c3ccc(OCC)cc3)[nH]c3ccccc23)C(=O)N1C. The lowest BCUT2D eigenvalue weighted by Gasteiger charge is -2.36. The predicted octanol–water partition coefficient (Wildman–Crippen LogP) is -0.841. The van der Waals surface area contributed by atoms with E-state index in [0.717, 1.165) is 31.4 Å². The summed E-state index contributed by atoms with van der Waals surface area (Å²) in [5.74, 6) is -17.1. The van der Waals surface area contributed by atoms with Crippen LogP contribution in [0.15, 0.2) is 103 Å². The van der Waals surface area contributed by atoms with Gasteiger partial charge < -0.3 is 131 Å². The van der Waals surface area contributed by atoms with Gasteiger partial charge in [-0.15, -0.1) is 11.8 Å². The van der Waals surface area contributed by atoms with E-state index in [2.05, 4.69) is 68.5 Å². The number of aromatic hydroxyl groups is 1. The average Bonchev–Trinajstić information content (AvgIpc) is 1.62. The first kappa shape index (κ1) is 110. The molecule has 24 N–H and O–H groups in total. The number of amides is 17. The molecular formula is C96H135N23O20S. The summed E-state index contributed by atoms with van der Waals surface area (Å²) < 4.78 is 5.80. The standard InChI is InChI=1S/C96H135N23O20S/c1-10-13-27-74-88(131)107-65(26-19-39-102-96(100)101)84(127)114-73(83(126)104-49-79(99)123)51-140-52-80(124)105-68(43-55-31-35-58(121)36-32-55)91(134)115(7)54(6)82(125)109-70(46-78(98)122)94(137)119-41-21-30-76(119)90(133)112-71(47-97)86(129)110-67(42-53(4)5)93(136)118-40-20-29-75(118)89(132)108-66(44-57-48-103-63-24-17-15-22-60(57)63)85(128)113-72(50-120)87(130)111-69(92(135)117(9)77(28-14-11-2)95(138)116(74)8)45-62-61-23-16-18-25-64(61)106-81(62)56-33-37-59(38-34-56)139-12-3/h15-18,22-25,31-38,48,53-54,65-77,103,106,120-121H,10-14,19-21,26-30,39-47,49-52,97H2,1-9H3,(H2,98,122)(H2,99,123)(H,104,126)(H,105,124)(H,107,131)(H,108,132)(H,109,125)(H,110,129)(H,111,130)(H,112,133)(H,113,128)(H,114,127)(H4,100,101,102)/t54-,65-,66-,67-,68-,69-,70-,71-,72-,73-,74-,75-,76-,77-/m0/s1. The van der Waals surface area contributed by atoms with Gasteiger partial charge in [-0.05, 0) is 148 Å². The van der Waals surface area contributed by atoms with Gasteiger partial charge in [0.15, 0.2) is 5.96 Å². The molecule has 0 bridgehead atoms. The number of para-hydroxylation sites is 2. The smallest absolute Gasteiger partial charge is 0.246 e. The number of benzene rings is 4. The Labute approximate surface area is 816 Å². The number of unbranched alkanes of at least 4 members (excludes halogenated alkanes) is 2. The van der Waals surface area contributed by atoms with Gasteiger partial charge in [-0.3, -0.25) is 86.9 Å². The van der Waals surface area contributed by atoms with Gasteiger partial charge in [0.05, 0.1) is 31.9 Å².